The molecule has 34 heavy (non-hydrogen) atoms. The van der Waals surface area contributed by atoms with Crippen LogP contribution in [0.3, 0.4) is 0 Å². The van der Waals surface area contributed by atoms with Crippen LogP contribution in [0, 0.1) is 0 Å². The van der Waals surface area contributed by atoms with E-state index >= 15 is 0 Å². The van der Waals surface area contributed by atoms with E-state index in [1.807, 2.05) is 30.5 Å². The maximum atomic E-state index is 12.1. The van der Waals surface area contributed by atoms with Crippen molar-refractivity contribution in [3.05, 3.63) is 41.7 Å². The normalized spacial score (nSPS) is 21.4. The van der Waals surface area contributed by atoms with Crippen molar-refractivity contribution >= 4 is 34.5 Å². The molecule has 2 aliphatic rings. The van der Waals surface area contributed by atoms with E-state index in [9.17, 15) is 9.90 Å². The Morgan fingerprint density at radius 1 is 1.21 bits per heavy atom. The van der Waals surface area contributed by atoms with Crippen molar-refractivity contribution < 1.29 is 9.90 Å². The minimum atomic E-state index is -0.833. The van der Waals surface area contributed by atoms with Gasteiger partial charge in [-0.1, -0.05) is 36.2 Å². The lowest BCUT2D eigenvalue weighted by atomic mass is 9.90. The van der Waals surface area contributed by atoms with Gasteiger partial charge in [0.1, 0.15) is 0 Å². The number of hydrogen-bond donors (Lipinski definition) is 3. The molecule has 0 spiro atoms. The number of aromatic nitrogens is 3. The number of amides is 1. The monoisotopic (exact) mass is 482 g/mol. The maximum absolute atomic E-state index is 12.1. The molecule has 1 aromatic carbocycles. The Hall–Kier alpha value is -2.84. The summed E-state index contributed by atoms with van der Waals surface area (Å²) in [7, 11) is 0. The van der Waals surface area contributed by atoms with Gasteiger partial charge in [0.15, 0.2) is 0 Å². The number of benzene rings is 1. The van der Waals surface area contributed by atoms with Gasteiger partial charge in [0, 0.05) is 34.7 Å². The predicted octanol–water partition coefficient (Wildman–Crippen LogP) is 5.42. The highest BCUT2D eigenvalue weighted by molar-refractivity contribution is 6.33. The summed E-state index contributed by atoms with van der Waals surface area (Å²) in [6.45, 7) is 2.45. The van der Waals surface area contributed by atoms with Crippen molar-refractivity contribution in [2.45, 2.75) is 57.0 Å². The molecule has 0 unspecified atom stereocenters. The number of para-hydroxylation sites is 1. The highest BCUT2D eigenvalue weighted by atomic mass is 35.5. The lowest BCUT2D eigenvalue weighted by molar-refractivity contribution is 0.0582. The van der Waals surface area contributed by atoms with E-state index in [2.05, 4.69) is 20.2 Å². The summed E-state index contributed by atoms with van der Waals surface area (Å²) < 4.78 is 0. The Kier molecular flexibility index (Phi) is 6.87. The standard InChI is InChI=1S/C25H31ClN6O2/c26-21-15-28-24(30-23(21)20-14-27-22-10-3-2-9-19(20)22)29-17-7-6-8-18(13-17)32(25(33)34)16-31-11-4-1-5-12-31/h2-3,9-10,14-15,17-18,27H,1,4-8,11-13,16H2,(H,33,34)(H,28,29,30)/t17-,18+/m1/s1. The van der Waals surface area contributed by atoms with Crippen molar-refractivity contribution in [1.82, 2.24) is 24.8 Å². The largest absolute Gasteiger partial charge is 0.465 e. The number of fused-ring (bicyclic) bond motifs is 1. The summed E-state index contributed by atoms with van der Waals surface area (Å²) in [6, 6.07) is 8.15. The lowest BCUT2D eigenvalue weighted by Crippen LogP contribution is -2.50. The quantitative estimate of drug-likeness (QED) is 0.433. The predicted molar refractivity (Wildman–Crippen MR) is 134 cm³/mol. The third-order valence-electron chi connectivity index (χ3n) is 7.06. The molecule has 1 aliphatic carbocycles. The topological polar surface area (TPSA) is 97.4 Å². The van der Waals surface area contributed by atoms with Gasteiger partial charge < -0.3 is 15.4 Å². The SMILES string of the molecule is O=C(O)N(CN1CCCCC1)[C@H]1CCC[C@@H](Nc2ncc(Cl)c(-c3c[nH]c4ccccc34)n2)C1. The van der Waals surface area contributed by atoms with Gasteiger partial charge in [-0.3, -0.25) is 9.80 Å². The molecule has 2 fully saturated rings. The van der Waals surface area contributed by atoms with E-state index in [0.717, 1.165) is 68.1 Å². The zero-order valence-electron chi connectivity index (χ0n) is 19.2. The van der Waals surface area contributed by atoms with Crippen LogP contribution < -0.4 is 5.32 Å². The summed E-state index contributed by atoms with van der Waals surface area (Å²) in [5.74, 6) is 0.522. The average Bonchev–Trinajstić information content (AvgIpc) is 3.28. The van der Waals surface area contributed by atoms with Crippen LogP contribution >= 0.6 is 11.6 Å². The molecule has 2 atom stereocenters. The molecule has 1 saturated carbocycles. The number of nitrogens with one attached hydrogen (secondary N) is 2. The van der Waals surface area contributed by atoms with Gasteiger partial charge in [-0.05, 0) is 57.7 Å². The Balaban J connectivity index is 1.30. The fourth-order valence-electron chi connectivity index (χ4n) is 5.30. The molecule has 3 heterocycles. The van der Waals surface area contributed by atoms with Gasteiger partial charge in [0.2, 0.25) is 5.95 Å². The van der Waals surface area contributed by atoms with Crippen LogP contribution in [0.5, 0.6) is 0 Å². The number of nitrogens with zero attached hydrogens (tertiary/aromatic N) is 4. The Bertz CT molecular complexity index is 1150. The molecular formula is C25H31ClN6O2. The molecule has 9 heteroatoms. The van der Waals surface area contributed by atoms with Crippen molar-refractivity contribution in [1.29, 1.82) is 0 Å². The number of likely N-dealkylation sites (tertiary alicyclic amines) is 1. The second-order valence-corrected chi connectivity index (χ2v) is 9.78. The molecule has 1 saturated heterocycles. The van der Waals surface area contributed by atoms with E-state index in [1.54, 1.807) is 11.1 Å². The number of piperidine rings is 1. The summed E-state index contributed by atoms with van der Waals surface area (Å²) >= 11 is 6.48. The molecule has 0 radical (unpaired) electrons. The third kappa shape index (κ3) is 4.98. The van der Waals surface area contributed by atoms with Gasteiger partial charge in [0.05, 0.1) is 23.6 Å². The number of carboxylic acid groups (broad SMARTS) is 1. The van der Waals surface area contributed by atoms with Crippen molar-refractivity contribution in [2.24, 2.45) is 0 Å². The minimum absolute atomic E-state index is 0.00827. The number of halogens is 1. The van der Waals surface area contributed by atoms with Gasteiger partial charge in [-0.25, -0.2) is 14.8 Å². The first-order chi connectivity index (χ1) is 16.6. The number of aromatic amines is 1. The molecular weight excluding hydrogens is 452 g/mol. The number of carbonyl (C=O) groups is 1. The van der Waals surface area contributed by atoms with Gasteiger partial charge in [-0.2, -0.15) is 0 Å². The number of hydrogen-bond acceptors (Lipinski definition) is 5. The second-order valence-electron chi connectivity index (χ2n) is 9.37. The van der Waals surface area contributed by atoms with Crippen LogP contribution in [0.25, 0.3) is 22.2 Å². The van der Waals surface area contributed by atoms with Crippen LogP contribution in [0.4, 0.5) is 10.7 Å². The molecule has 1 aliphatic heterocycles. The smallest absolute Gasteiger partial charge is 0.408 e. The molecule has 8 nitrogen and oxygen atoms in total. The third-order valence-corrected chi connectivity index (χ3v) is 7.33. The molecule has 5 rings (SSSR count). The second kappa shape index (κ2) is 10.2. The molecule has 3 N–H and O–H groups in total. The number of H-pyrrole nitrogens is 1. The van der Waals surface area contributed by atoms with E-state index in [4.69, 9.17) is 16.6 Å². The van der Waals surface area contributed by atoms with Gasteiger partial charge in [-0.15, -0.1) is 0 Å². The fraction of sp³-hybridized carbons (Fsp3) is 0.480. The number of rotatable bonds is 6. The summed E-state index contributed by atoms with van der Waals surface area (Å²) in [6.07, 6.45) is 9.82. The first kappa shape index (κ1) is 22.9. The zero-order chi connectivity index (χ0) is 23.5. The molecule has 0 bridgehead atoms. The van der Waals surface area contributed by atoms with Crippen LogP contribution in [-0.2, 0) is 0 Å². The van der Waals surface area contributed by atoms with E-state index in [-0.39, 0.29) is 12.1 Å². The van der Waals surface area contributed by atoms with Crippen LogP contribution in [-0.4, -0.2) is 67.8 Å². The molecule has 1 amide bonds. The zero-order valence-corrected chi connectivity index (χ0v) is 20.0. The van der Waals surface area contributed by atoms with E-state index in [1.165, 1.54) is 6.42 Å². The van der Waals surface area contributed by atoms with Gasteiger partial charge >= 0.3 is 6.09 Å². The number of anilines is 1. The highest BCUT2D eigenvalue weighted by Gasteiger charge is 2.31. The summed E-state index contributed by atoms with van der Waals surface area (Å²) in [5.41, 5.74) is 2.65. The van der Waals surface area contributed by atoms with Gasteiger partial charge in [0.25, 0.3) is 0 Å². The minimum Gasteiger partial charge on any atom is -0.465 e. The van der Waals surface area contributed by atoms with Crippen LogP contribution in [0.15, 0.2) is 36.7 Å². The Labute approximate surface area is 204 Å². The average molecular weight is 483 g/mol. The highest BCUT2D eigenvalue weighted by Crippen LogP contribution is 2.33. The van der Waals surface area contributed by atoms with E-state index < -0.39 is 6.09 Å². The summed E-state index contributed by atoms with van der Waals surface area (Å²) in [5, 5.41) is 14.9. The fourth-order valence-corrected chi connectivity index (χ4v) is 5.50. The molecule has 180 valence electrons. The van der Waals surface area contributed by atoms with Crippen molar-refractivity contribution in [3.8, 4) is 11.3 Å². The lowest BCUT2D eigenvalue weighted by Gasteiger charge is -2.39. The van der Waals surface area contributed by atoms with Crippen molar-refractivity contribution in [2.75, 3.05) is 25.1 Å². The molecule has 2 aromatic heterocycles. The summed E-state index contributed by atoms with van der Waals surface area (Å²) in [4.78, 5) is 28.4. The molecule has 3 aromatic rings. The van der Waals surface area contributed by atoms with E-state index in [0.29, 0.717) is 23.3 Å². The first-order valence-corrected chi connectivity index (χ1v) is 12.5. The van der Waals surface area contributed by atoms with Crippen LogP contribution in [0.2, 0.25) is 5.02 Å². The Morgan fingerprint density at radius 3 is 2.85 bits per heavy atom. The first-order valence-electron chi connectivity index (χ1n) is 12.2. The maximum Gasteiger partial charge on any atom is 0.408 e. The Morgan fingerprint density at radius 2 is 2.03 bits per heavy atom. The van der Waals surface area contributed by atoms with Crippen LogP contribution in [0.1, 0.15) is 44.9 Å². The van der Waals surface area contributed by atoms with Crippen molar-refractivity contribution in [3.63, 3.8) is 0 Å².